The van der Waals surface area contributed by atoms with Crippen molar-refractivity contribution in [2.45, 2.75) is 113 Å². The molecule has 278 valence electrons. The van der Waals surface area contributed by atoms with E-state index in [9.17, 15) is 32.4 Å². The van der Waals surface area contributed by atoms with Crippen molar-refractivity contribution in [3.63, 3.8) is 0 Å². The summed E-state index contributed by atoms with van der Waals surface area (Å²) in [5.41, 5.74) is -2.19. The van der Waals surface area contributed by atoms with Gasteiger partial charge in [-0.3, -0.25) is 19.1 Å². The number of fused-ring (bicyclic) bond motifs is 3. The lowest BCUT2D eigenvalue weighted by molar-refractivity contribution is -0.141. The van der Waals surface area contributed by atoms with Crippen molar-refractivity contribution in [2.75, 3.05) is 19.8 Å². The summed E-state index contributed by atoms with van der Waals surface area (Å²) in [5, 5.41) is 4.82. The summed E-state index contributed by atoms with van der Waals surface area (Å²) in [7, 11) is -3.91. The highest BCUT2D eigenvalue weighted by Gasteiger charge is 2.62. The molecule has 0 unspecified atom stereocenters. The van der Waals surface area contributed by atoms with Gasteiger partial charge in [0.05, 0.1) is 17.4 Å². The number of amides is 4. The van der Waals surface area contributed by atoms with Crippen molar-refractivity contribution in [2.24, 2.45) is 5.92 Å². The maximum absolute atomic E-state index is 14.3. The number of alkyl carbamates (subject to hydrolysis) is 1. The number of nitrogens with one attached hydrogen (secondary N) is 3. The predicted octanol–water partition coefficient (Wildman–Crippen LogP) is 2.48. The fourth-order valence-electron chi connectivity index (χ4n) is 6.69. The molecule has 3 aliphatic heterocycles. The largest absolute Gasteiger partial charge is 0.486 e. The molecule has 0 spiro atoms. The van der Waals surface area contributed by atoms with Crippen LogP contribution in [0.15, 0.2) is 30.4 Å². The van der Waals surface area contributed by atoms with Gasteiger partial charge in [0.2, 0.25) is 21.8 Å². The number of hydrogen-bond acceptors (Lipinski definition) is 11. The van der Waals surface area contributed by atoms with Crippen molar-refractivity contribution in [1.29, 1.82) is 0 Å². The summed E-state index contributed by atoms with van der Waals surface area (Å²) < 4.78 is 50.1. The number of carbonyl (C=O) groups is 5. The third-order valence-corrected chi connectivity index (χ3v) is 11.4. The minimum Gasteiger partial charge on any atom is -0.486 e. The summed E-state index contributed by atoms with van der Waals surface area (Å²) in [6, 6.07) is 2.36. The number of benzene rings is 1. The third kappa shape index (κ3) is 8.59. The smallest absolute Gasteiger partial charge is 0.408 e. The Labute approximate surface area is 297 Å². The van der Waals surface area contributed by atoms with E-state index in [4.69, 9.17) is 18.9 Å². The monoisotopic (exact) mass is 730 g/mol. The zero-order valence-electron chi connectivity index (χ0n) is 29.1. The molecule has 1 aromatic rings. The second-order valence-electron chi connectivity index (χ2n) is 14.8. The van der Waals surface area contributed by atoms with E-state index in [0.29, 0.717) is 50.4 Å². The molecule has 2 saturated carbocycles. The van der Waals surface area contributed by atoms with Crippen molar-refractivity contribution in [3.05, 3.63) is 35.9 Å². The molecule has 1 saturated heterocycles. The van der Waals surface area contributed by atoms with E-state index in [1.54, 1.807) is 26.8 Å². The van der Waals surface area contributed by atoms with Crippen LogP contribution in [0.25, 0.3) is 0 Å². The van der Waals surface area contributed by atoms with Crippen LogP contribution in [0, 0.1) is 5.92 Å². The van der Waals surface area contributed by atoms with Crippen LogP contribution >= 0.6 is 0 Å². The van der Waals surface area contributed by atoms with Crippen molar-refractivity contribution >= 4 is 39.8 Å². The summed E-state index contributed by atoms with van der Waals surface area (Å²) in [6.07, 6.45) is 6.01. The standard InChI is InChI=1S/C35H46N4O11S/c1-34(2,3)50-33(44)36-25-10-8-6-4-5-7-9-22-19-35(22,32(43)38-51(45,46)24-12-13-24)37-29(40)26-18-23(20-39(26)30(25)41)49-31(42)21-11-14-27-28(17-21)48-16-15-47-27/h7,9,11,14,17,22-26H,4-6,8,10,12-13,15-16,18-20H2,1-3H3,(H,36,44)(H,37,40)(H,38,43)/t22-,23-,25+,26+,35-/m1/s1. The zero-order chi connectivity index (χ0) is 36.6. The fraction of sp³-hybridized carbons (Fsp3) is 0.629. The molecular weight excluding hydrogens is 684 g/mol. The highest BCUT2D eigenvalue weighted by Crippen LogP contribution is 2.46. The van der Waals surface area contributed by atoms with Gasteiger partial charge in [-0.05, 0) is 77.5 Å². The number of hydrogen-bond donors (Lipinski definition) is 3. The van der Waals surface area contributed by atoms with E-state index >= 15 is 0 Å². The molecular formula is C35H46N4O11S. The molecule has 16 heteroatoms. The molecule has 15 nitrogen and oxygen atoms in total. The predicted molar refractivity (Wildman–Crippen MR) is 181 cm³/mol. The van der Waals surface area contributed by atoms with Crippen molar-refractivity contribution < 1.29 is 51.3 Å². The first-order valence-corrected chi connectivity index (χ1v) is 19.2. The van der Waals surface area contributed by atoms with Gasteiger partial charge in [-0.2, -0.15) is 0 Å². The molecule has 3 heterocycles. The van der Waals surface area contributed by atoms with Gasteiger partial charge in [0.15, 0.2) is 11.5 Å². The number of carbonyl (C=O) groups excluding carboxylic acids is 5. The highest BCUT2D eigenvalue weighted by atomic mass is 32.2. The van der Waals surface area contributed by atoms with Gasteiger partial charge in [-0.15, -0.1) is 0 Å². The topological polar surface area (TPSA) is 196 Å². The van der Waals surface area contributed by atoms with Gasteiger partial charge in [0.25, 0.3) is 5.91 Å². The van der Waals surface area contributed by atoms with E-state index in [1.807, 2.05) is 12.2 Å². The Morgan fingerprint density at radius 2 is 1.76 bits per heavy atom. The number of sulfonamides is 1. The normalized spacial score (nSPS) is 28.2. The Morgan fingerprint density at radius 3 is 2.49 bits per heavy atom. The van der Waals surface area contributed by atoms with Crippen LogP contribution in [-0.4, -0.2) is 97.4 Å². The first-order chi connectivity index (χ1) is 24.1. The summed E-state index contributed by atoms with van der Waals surface area (Å²) in [6.45, 7) is 5.64. The molecule has 1 aromatic carbocycles. The van der Waals surface area contributed by atoms with Crippen LogP contribution in [0.4, 0.5) is 4.79 Å². The van der Waals surface area contributed by atoms with Gasteiger partial charge in [0.1, 0.15) is 42.5 Å². The molecule has 0 aromatic heterocycles. The van der Waals surface area contributed by atoms with Crippen LogP contribution < -0.4 is 24.8 Å². The quantitative estimate of drug-likeness (QED) is 0.287. The molecule has 3 fully saturated rings. The van der Waals surface area contributed by atoms with E-state index < -0.39 is 80.3 Å². The average Bonchev–Trinajstić information content (AvgIpc) is 3.99. The third-order valence-electron chi connectivity index (χ3n) is 9.59. The summed E-state index contributed by atoms with van der Waals surface area (Å²) >= 11 is 0. The Morgan fingerprint density at radius 1 is 1.02 bits per heavy atom. The molecule has 4 amide bonds. The first-order valence-electron chi connectivity index (χ1n) is 17.6. The Bertz CT molecular complexity index is 1700. The summed E-state index contributed by atoms with van der Waals surface area (Å²) in [4.78, 5) is 69.5. The zero-order valence-corrected chi connectivity index (χ0v) is 29.9. The second-order valence-corrected chi connectivity index (χ2v) is 16.8. The minimum atomic E-state index is -3.91. The SMILES string of the molecule is CC(C)(C)OC(=O)N[C@H]1CCCCCC=C[C@@H]2C[C@@]2(C(=O)NS(=O)(=O)C2CC2)NC(=O)[C@@H]2C[C@@H](OC(=O)c3ccc4c(c3)OCCO4)CN2C1=O. The van der Waals surface area contributed by atoms with E-state index in [0.717, 1.165) is 12.8 Å². The van der Waals surface area contributed by atoms with Gasteiger partial charge in [-0.25, -0.2) is 18.0 Å². The van der Waals surface area contributed by atoms with Crippen LogP contribution in [0.3, 0.4) is 0 Å². The van der Waals surface area contributed by atoms with Crippen molar-refractivity contribution in [1.82, 2.24) is 20.3 Å². The lowest BCUT2D eigenvalue weighted by atomic mass is 10.0. The molecule has 0 bridgehead atoms. The van der Waals surface area contributed by atoms with E-state index in [-0.39, 0.29) is 31.4 Å². The number of allylic oxidation sites excluding steroid dienone is 1. The van der Waals surface area contributed by atoms with Crippen LogP contribution in [-0.2, 0) is 33.9 Å². The van der Waals surface area contributed by atoms with Gasteiger partial charge >= 0.3 is 12.1 Å². The van der Waals surface area contributed by atoms with E-state index in [1.165, 1.54) is 17.0 Å². The number of ether oxygens (including phenoxy) is 4. The fourth-order valence-corrected chi connectivity index (χ4v) is 8.05. The first kappa shape index (κ1) is 36.5. The maximum Gasteiger partial charge on any atom is 0.408 e. The van der Waals surface area contributed by atoms with Gasteiger partial charge in [0, 0.05) is 12.3 Å². The molecule has 3 N–H and O–H groups in total. The van der Waals surface area contributed by atoms with Crippen LogP contribution in [0.2, 0.25) is 0 Å². The maximum atomic E-state index is 14.3. The Kier molecular flexibility index (Phi) is 10.3. The lowest BCUT2D eigenvalue weighted by Gasteiger charge is -2.30. The molecule has 5 aliphatic rings. The highest BCUT2D eigenvalue weighted by molar-refractivity contribution is 7.91. The van der Waals surface area contributed by atoms with Gasteiger partial charge in [-0.1, -0.05) is 25.0 Å². The second kappa shape index (κ2) is 14.4. The van der Waals surface area contributed by atoms with E-state index in [2.05, 4.69) is 15.4 Å². The Hall–Kier alpha value is -4.34. The van der Waals surface area contributed by atoms with Crippen LogP contribution in [0.5, 0.6) is 11.5 Å². The Balaban J connectivity index is 1.26. The molecule has 5 atom stereocenters. The molecule has 2 aliphatic carbocycles. The van der Waals surface area contributed by atoms with Gasteiger partial charge < -0.3 is 34.5 Å². The number of nitrogens with zero attached hydrogens (tertiary/aromatic N) is 1. The number of esters is 1. The number of rotatable bonds is 6. The minimum absolute atomic E-state index is 0.106. The average molecular weight is 731 g/mol. The lowest BCUT2D eigenvalue weighted by Crippen LogP contribution is -2.58. The molecule has 51 heavy (non-hydrogen) atoms. The summed E-state index contributed by atoms with van der Waals surface area (Å²) in [5.74, 6) is -2.40. The molecule has 6 rings (SSSR count). The van der Waals surface area contributed by atoms with Crippen molar-refractivity contribution in [3.8, 4) is 11.5 Å². The van der Waals surface area contributed by atoms with Crippen LogP contribution in [0.1, 0.15) is 88.9 Å². The molecule has 0 radical (unpaired) electrons.